The van der Waals surface area contributed by atoms with Crippen molar-refractivity contribution in [2.45, 2.75) is 38.3 Å². The Kier molecular flexibility index (Phi) is 6.50. The van der Waals surface area contributed by atoms with Crippen LogP contribution in [-0.2, 0) is 18.3 Å². The largest absolute Gasteiger partial charge is 0.481 e. The number of aromatic nitrogens is 3. The van der Waals surface area contributed by atoms with Gasteiger partial charge in [-0.15, -0.1) is 0 Å². The van der Waals surface area contributed by atoms with Crippen LogP contribution in [0.1, 0.15) is 37.2 Å². The first-order chi connectivity index (χ1) is 12.0. The van der Waals surface area contributed by atoms with E-state index in [2.05, 4.69) is 20.7 Å². The van der Waals surface area contributed by atoms with Crippen LogP contribution in [0.2, 0.25) is 0 Å². The summed E-state index contributed by atoms with van der Waals surface area (Å²) >= 11 is 0. The van der Waals surface area contributed by atoms with Crippen molar-refractivity contribution < 1.29 is 14.7 Å². The van der Waals surface area contributed by atoms with Crippen LogP contribution in [0.4, 0.5) is 4.79 Å². The van der Waals surface area contributed by atoms with Gasteiger partial charge in [-0.2, -0.15) is 5.10 Å². The van der Waals surface area contributed by atoms with E-state index in [-0.39, 0.29) is 24.5 Å². The molecule has 2 aromatic rings. The number of carbonyl (C=O) groups excluding carboxylic acids is 1. The summed E-state index contributed by atoms with van der Waals surface area (Å²) in [6.07, 6.45) is 2.35. The van der Waals surface area contributed by atoms with Gasteiger partial charge in [0.05, 0.1) is 6.04 Å². The van der Waals surface area contributed by atoms with Crippen LogP contribution in [0.25, 0.3) is 0 Å². The van der Waals surface area contributed by atoms with Gasteiger partial charge in [0, 0.05) is 19.5 Å². The maximum Gasteiger partial charge on any atom is 0.315 e. The number of benzene rings is 1. The van der Waals surface area contributed by atoms with Gasteiger partial charge < -0.3 is 15.7 Å². The maximum absolute atomic E-state index is 12.3. The van der Waals surface area contributed by atoms with E-state index in [0.717, 1.165) is 5.56 Å². The summed E-state index contributed by atoms with van der Waals surface area (Å²) in [5, 5.41) is 18.6. The van der Waals surface area contributed by atoms with Gasteiger partial charge in [0.2, 0.25) is 0 Å². The highest BCUT2D eigenvalue weighted by molar-refractivity contribution is 5.74. The summed E-state index contributed by atoms with van der Waals surface area (Å²) in [5.74, 6) is -0.243. The molecule has 2 atom stereocenters. The van der Waals surface area contributed by atoms with Crippen molar-refractivity contribution >= 4 is 12.0 Å². The van der Waals surface area contributed by atoms with Crippen molar-refractivity contribution in [3.63, 3.8) is 0 Å². The summed E-state index contributed by atoms with van der Waals surface area (Å²) in [7, 11) is 1.75. The minimum Gasteiger partial charge on any atom is -0.481 e. The van der Waals surface area contributed by atoms with E-state index in [4.69, 9.17) is 5.11 Å². The molecule has 2 rings (SSSR count). The molecule has 1 aromatic carbocycles. The van der Waals surface area contributed by atoms with Gasteiger partial charge in [0.15, 0.2) is 0 Å². The molecule has 8 nitrogen and oxygen atoms in total. The minimum absolute atomic E-state index is 0.00335. The fraction of sp³-hybridized carbons (Fsp3) is 0.412. The summed E-state index contributed by atoms with van der Waals surface area (Å²) in [4.78, 5) is 27.3. The third-order valence-corrected chi connectivity index (χ3v) is 3.85. The molecule has 25 heavy (non-hydrogen) atoms. The normalized spacial score (nSPS) is 13.0. The lowest BCUT2D eigenvalue weighted by molar-refractivity contribution is -0.137. The molecular formula is C17H23N5O3. The van der Waals surface area contributed by atoms with Gasteiger partial charge in [0.1, 0.15) is 12.2 Å². The van der Waals surface area contributed by atoms with Gasteiger partial charge in [-0.3, -0.25) is 9.48 Å². The zero-order valence-corrected chi connectivity index (χ0v) is 14.3. The van der Waals surface area contributed by atoms with Crippen molar-refractivity contribution in [1.82, 2.24) is 25.4 Å². The van der Waals surface area contributed by atoms with Gasteiger partial charge in [-0.1, -0.05) is 30.3 Å². The van der Waals surface area contributed by atoms with E-state index in [0.29, 0.717) is 18.7 Å². The molecule has 0 spiro atoms. The van der Waals surface area contributed by atoms with E-state index in [1.807, 2.05) is 37.3 Å². The Morgan fingerprint density at radius 3 is 2.56 bits per heavy atom. The first-order valence-electron chi connectivity index (χ1n) is 8.12. The molecule has 0 aliphatic rings. The molecule has 0 saturated carbocycles. The lowest BCUT2D eigenvalue weighted by atomic mass is 10.0. The molecular weight excluding hydrogens is 322 g/mol. The lowest BCUT2D eigenvalue weighted by Gasteiger charge is -2.20. The molecule has 8 heteroatoms. The lowest BCUT2D eigenvalue weighted by Crippen LogP contribution is -2.44. The summed E-state index contributed by atoms with van der Waals surface area (Å²) < 4.78 is 1.59. The van der Waals surface area contributed by atoms with Crippen LogP contribution >= 0.6 is 0 Å². The Bertz CT molecular complexity index is 701. The maximum atomic E-state index is 12.3. The zero-order chi connectivity index (χ0) is 18.2. The van der Waals surface area contributed by atoms with Crippen LogP contribution in [0.5, 0.6) is 0 Å². The Morgan fingerprint density at radius 2 is 1.96 bits per heavy atom. The molecule has 0 bridgehead atoms. The number of nitrogens with zero attached hydrogens (tertiary/aromatic N) is 3. The molecule has 0 aliphatic carbocycles. The average Bonchev–Trinajstić information content (AvgIpc) is 2.99. The third-order valence-electron chi connectivity index (χ3n) is 3.85. The number of aryl methyl sites for hydroxylation is 1. The number of hydrogen-bond acceptors (Lipinski definition) is 4. The Hall–Kier alpha value is -2.90. The Morgan fingerprint density at radius 1 is 1.24 bits per heavy atom. The number of carboxylic acid groups (broad SMARTS) is 1. The van der Waals surface area contributed by atoms with Crippen LogP contribution in [0, 0.1) is 0 Å². The number of aliphatic carboxylic acids is 1. The molecule has 0 fully saturated rings. The highest BCUT2D eigenvalue weighted by Gasteiger charge is 2.18. The highest BCUT2D eigenvalue weighted by Crippen LogP contribution is 2.10. The monoisotopic (exact) mass is 345 g/mol. The van der Waals surface area contributed by atoms with Crippen LogP contribution in [-0.4, -0.2) is 37.9 Å². The van der Waals surface area contributed by atoms with E-state index in [1.165, 1.54) is 6.33 Å². The number of nitrogens with one attached hydrogen (secondary N) is 2. The number of carbonyl (C=O) groups is 2. The third kappa shape index (κ3) is 5.91. The van der Waals surface area contributed by atoms with Gasteiger partial charge in [-0.25, -0.2) is 9.78 Å². The first kappa shape index (κ1) is 18.4. The number of carboxylic acids is 1. The van der Waals surface area contributed by atoms with Crippen molar-refractivity contribution in [3.8, 4) is 0 Å². The molecule has 1 aromatic heterocycles. The standard InChI is InChI=1S/C17H23N5O3/c1-12(16-18-11-19-22(16)2)20-17(25)21-14(8-9-15(23)24)10-13-6-4-3-5-7-13/h3-7,11-12,14H,8-10H2,1-2H3,(H,23,24)(H2,20,21,25). The van der Waals surface area contributed by atoms with Crippen LogP contribution < -0.4 is 10.6 Å². The number of amides is 2. The Balaban J connectivity index is 1.95. The molecule has 2 unspecified atom stereocenters. The van der Waals surface area contributed by atoms with Gasteiger partial charge >= 0.3 is 12.0 Å². The average molecular weight is 345 g/mol. The summed E-state index contributed by atoms with van der Waals surface area (Å²) in [6.45, 7) is 1.81. The summed E-state index contributed by atoms with van der Waals surface area (Å²) in [6, 6.07) is 8.71. The second-order valence-electron chi connectivity index (χ2n) is 5.90. The molecule has 0 saturated heterocycles. The van der Waals surface area contributed by atoms with Gasteiger partial charge in [-0.05, 0) is 25.3 Å². The smallest absolute Gasteiger partial charge is 0.315 e. The predicted molar refractivity (Wildman–Crippen MR) is 91.9 cm³/mol. The highest BCUT2D eigenvalue weighted by atomic mass is 16.4. The van der Waals surface area contributed by atoms with E-state index in [1.54, 1.807) is 11.7 Å². The number of urea groups is 1. The van der Waals surface area contributed by atoms with E-state index in [9.17, 15) is 9.59 Å². The van der Waals surface area contributed by atoms with Crippen LogP contribution in [0.3, 0.4) is 0 Å². The fourth-order valence-corrected chi connectivity index (χ4v) is 2.61. The molecule has 0 radical (unpaired) electrons. The molecule has 134 valence electrons. The van der Waals surface area contributed by atoms with Crippen molar-refractivity contribution in [3.05, 3.63) is 48.0 Å². The van der Waals surface area contributed by atoms with Crippen molar-refractivity contribution in [1.29, 1.82) is 0 Å². The molecule has 1 heterocycles. The molecule has 3 N–H and O–H groups in total. The summed E-state index contributed by atoms with van der Waals surface area (Å²) in [5.41, 5.74) is 1.04. The zero-order valence-electron chi connectivity index (χ0n) is 14.3. The molecule has 2 amide bonds. The van der Waals surface area contributed by atoms with E-state index >= 15 is 0 Å². The van der Waals surface area contributed by atoms with Crippen molar-refractivity contribution in [2.24, 2.45) is 7.05 Å². The van der Waals surface area contributed by atoms with Gasteiger partial charge in [0.25, 0.3) is 0 Å². The second-order valence-corrected chi connectivity index (χ2v) is 5.90. The van der Waals surface area contributed by atoms with Crippen LogP contribution in [0.15, 0.2) is 36.7 Å². The number of rotatable bonds is 8. The minimum atomic E-state index is -0.882. The predicted octanol–water partition coefficient (Wildman–Crippen LogP) is 1.65. The quantitative estimate of drug-likeness (QED) is 0.674. The fourth-order valence-electron chi connectivity index (χ4n) is 2.61. The SMILES string of the molecule is CC(NC(=O)NC(CCC(=O)O)Cc1ccccc1)c1ncnn1C. The second kappa shape index (κ2) is 8.81. The number of hydrogen-bond donors (Lipinski definition) is 3. The topological polar surface area (TPSA) is 109 Å². The first-order valence-corrected chi connectivity index (χ1v) is 8.12. The van der Waals surface area contributed by atoms with Crippen molar-refractivity contribution in [2.75, 3.05) is 0 Å². The van der Waals surface area contributed by atoms with E-state index < -0.39 is 5.97 Å². The molecule has 0 aliphatic heterocycles. The Labute approximate surface area is 146 Å².